The minimum absolute atomic E-state index is 0.0306. The maximum Gasteiger partial charge on any atom is 0.127 e. The van der Waals surface area contributed by atoms with E-state index in [0.717, 1.165) is 17.6 Å². The van der Waals surface area contributed by atoms with Crippen LogP contribution in [0.3, 0.4) is 0 Å². The third kappa shape index (κ3) is 3.36. The summed E-state index contributed by atoms with van der Waals surface area (Å²) in [5, 5.41) is 11.1. The van der Waals surface area contributed by atoms with Crippen molar-refractivity contribution in [1.82, 2.24) is 0 Å². The Balaban J connectivity index is 1.53. The summed E-state index contributed by atoms with van der Waals surface area (Å²) < 4.78 is 11.3. The lowest BCUT2D eigenvalue weighted by Gasteiger charge is -2.14. The number of hydrogen-bond acceptors (Lipinski definition) is 3. The van der Waals surface area contributed by atoms with Crippen LogP contribution in [-0.2, 0) is 11.2 Å². The fourth-order valence-corrected chi connectivity index (χ4v) is 4.43. The van der Waals surface area contributed by atoms with Crippen LogP contribution >= 0.6 is 0 Å². The summed E-state index contributed by atoms with van der Waals surface area (Å²) in [6.45, 7) is 1.29. The molecule has 0 bridgehead atoms. The van der Waals surface area contributed by atoms with Gasteiger partial charge >= 0.3 is 0 Å². The van der Waals surface area contributed by atoms with Gasteiger partial charge < -0.3 is 14.6 Å². The molecular formula is C27H24O3. The van der Waals surface area contributed by atoms with Crippen LogP contribution in [0, 0.1) is 0 Å². The van der Waals surface area contributed by atoms with E-state index in [2.05, 4.69) is 66.7 Å². The van der Waals surface area contributed by atoms with Gasteiger partial charge in [0.15, 0.2) is 0 Å². The van der Waals surface area contributed by atoms with E-state index in [9.17, 15) is 0 Å². The van der Waals surface area contributed by atoms with E-state index in [1.54, 1.807) is 0 Å². The maximum atomic E-state index is 8.82. The first-order valence-corrected chi connectivity index (χ1v) is 10.4. The first-order chi connectivity index (χ1) is 14.9. The number of aliphatic hydroxyl groups excluding tert-OH is 1. The zero-order valence-corrected chi connectivity index (χ0v) is 16.8. The lowest BCUT2D eigenvalue weighted by atomic mass is 9.92. The van der Waals surface area contributed by atoms with Crippen molar-refractivity contribution in [2.24, 2.45) is 0 Å². The number of ether oxygens (including phenoxy) is 2. The molecule has 0 spiro atoms. The van der Waals surface area contributed by atoms with Gasteiger partial charge in [-0.05, 0) is 51.3 Å². The standard InChI is InChI=1S/C27H24O3/c28-14-15-29-16-17-30-27-13-5-11-23-22(9-4-12-25(23)27)24-10-3-8-21-20-7-2-1-6-19(20)18-26(21)24/h1-13,28H,14-18H2. The highest BCUT2D eigenvalue weighted by atomic mass is 16.5. The molecule has 0 aliphatic heterocycles. The van der Waals surface area contributed by atoms with Gasteiger partial charge in [-0.1, -0.05) is 72.8 Å². The molecule has 150 valence electrons. The first-order valence-electron chi connectivity index (χ1n) is 10.4. The second-order valence-corrected chi connectivity index (χ2v) is 7.51. The molecule has 3 heteroatoms. The van der Waals surface area contributed by atoms with Crippen molar-refractivity contribution in [3.05, 3.63) is 90.0 Å². The Kier molecular flexibility index (Phi) is 5.22. The predicted molar refractivity (Wildman–Crippen MR) is 121 cm³/mol. The number of hydrogen-bond donors (Lipinski definition) is 1. The molecule has 30 heavy (non-hydrogen) atoms. The average Bonchev–Trinajstić information content (AvgIpc) is 3.18. The Morgan fingerprint density at radius 1 is 0.633 bits per heavy atom. The summed E-state index contributed by atoms with van der Waals surface area (Å²) in [4.78, 5) is 0. The summed E-state index contributed by atoms with van der Waals surface area (Å²) in [5.74, 6) is 0.859. The van der Waals surface area contributed by atoms with Crippen molar-refractivity contribution in [2.45, 2.75) is 6.42 Å². The van der Waals surface area contributed by atoms with Gasteiger partial charge in [-0.25, -0.2) is 0 Å². The highest BCUT2D eigenvalue weighted by Gasteiger charge is 2.21. The van der Waals surface area contributed by atoms with Gasteiger partial charge in [0.25, 0.3) is 0 Å². The molecule has 0 radical (unpaired) electrons. The molecule has 0 heterocycles. The SMILES string of the molecule is OCCOCCOc1cccc2c(-c3cccc4c3Cc3ccccc3-4)cccc12. The molecule has 4 aromatic carbocycles. The molecule has 0 amide bonds. The topological polar surface area (TPSA) is 38.7 Å². The predicted octanol–water partition coefficient (Wildman–Crippen LogP) is 5.47. The number of benzene rings is 4. The molecule has 0 aromatic heterocycles. The highest BCUT2D eigenvalue weighted by Crippen LogP contribution is 2.43. The average molecular weight is 396 g/mol. The van der Waals surface area contributed by atoms with E-state index in [-0.39, 0.29) is 6.61 Å². The van der Waals surface area contributed by atoms with E-state index >= 15 is 0 Å². The monoisotopic (exact) mass is 396 g/mol. The molecule has 0 atom stereocenters. The van der Waals surface area contributed by atoms with Crippen LogP contribution in [0.2, 0.25) is 0 Å². The summed E-state index contributed by atoms with van der Waals surface area (Å²) in [6, 6.07) is 28.0. The minimum atomic E-state index is 0.0306. The zero-order chi connectivity index (χ0) is 20.3. The van der Waals surface area contributed by atoms with Crippen molar-refractivity contribution >= 4 is 10.8 Å². The Labute approximate surface area is 176 Å². The molecule has 0 saturated heterocycles. The van der Waals surface area contributed by atoms with E-state index in [1.807, 2.05) is 12.1 Å². The first kappa shape index (κ1) is 18.9. The maximum absolute atomic E-state index is 8.82. The van der Waals surface area contributed by atoms with Crippen LogP contribution in [0.4, 0.5) is 0 Å². The van der Waals surface area contributed by atoms with Gasteiger partial charge in [-0.2, -0.15) is 0 Å². The quantitative estimate of drug-likeness (QED) is 0.371. The largest absolute Gasteiger partial charge is 0.491 e. The van der Waals surface area contributed by atoms with Crippen LogP contribution < -0.4 is 4.74 Å². The second kappa shape index (κ2) is 8.31. The Morgan fingerprint density at radius 3 is 2.23 bits per heavy atom. The van der Waals surface area contributed by atoms with Gasteiger partial charge in [0, 0.05) is 5.39 Å². The van der Waals surface area contributed by atoms with Crippen molar-refractivity contribution in [1.29, 1.82) is 0 Å². The van der Waals surface area contributed by atoms with Gasteiger partial charge in [0.05, 0.1) is 19.8 Å². The fraction of sp³-hybridized carbons (Fsp3) is 0.185. The Hall–Kier alpha value is -3.14. The van der Waals surface area contributed by atoms with Gasteiger partial charge in [-0.3, -0.25) is 0 Å². The van der Waals surface area contributed by atoms with Crippen molar-refractivity contribution in [2.75, 3.05) is 26.4 Å². The second-order valence-electron chi connectivity index (χ2n) is 7.51. The van der Waals surface area contributed by atoms with E-state index in [4.69, 9.17) is 14.6 Å². The molecule has 0 fully saturated rings. The van der Waals surface area contributed by atoms with Gasteiger partial charge in [0.1, 0.15) is 12.4 Å². The summed E-state index contributed by atoms with van der Waals surface area (Å²) in [6.07, 6.45) is 0.969. The third-order valence-corrected chi connectivity index (χ3v) is 5.74. The van der Waals surface area contributed by atoms with Crippen LogP contribution in [0.25, 0.3) is 33.0 Å². The van der Waals surface area contributed by atoms with Crippen molar-refractivity contribution < 1.29 is 14.6 Å². The molecule has 1 N–H and O–H groups in total. The summed E-state index contributed by atoms with van der Waals surface area (Å²) in [7, 11) is 0. The molecule has 0 saturated carbocycles. The molecule has 3 nitrogen and oxygen atoms in total. The van der Waals surface area contributed by atoms with Crippen LogP contribution in [0.15, 0.2) is 78.9 Å². The molecule has 4 aromatic rings. The van der Waals surface area contributed by atoms with Crippen molar-refractivity contribution in [3.8, 4) is 28.0 Å². The molecule has 0 unspecified atom stereocenters. The summed E-state index contributed by atoms with van der Waals surface area (Å²) in [5.41, 5.74) is 8.01. The molecule has 1 aliphatic carbocycles. The van der Waals surface area contributed by atoms with E-state index < -0.39 is 0 Å². The van der Waals surface area contributed by atoms with Crippen LogP contribution in [0.1, 0.15) is 11.1 Å². The Bertz CT molecular complexity index is 1200. The number of rotatable bonds is 7. The zero-order valence-electron chi connectivity index (χ0n) is 16.8. The molecule has 1 aliphatic rings. The van der Waals surface area contributed by atoms with E-state index in [1.165, 1.54) is 38.8 Å². The van der Waals surface area contributed by atoms with E-state index in [0.29, 0.717) is 19.8 Å². The smallest absolute Gasteiger partial charge is 0.127 e. The molecule has 5 rings (SSSR count). The minimum Gasteiger partial charge on any atom is -0.491 e. The van der Waals surface area contributed by atoms with Crippen LogP contribution in [-0.4, -0.2) is 31.5 Å². The normalized spacial score (nSPS) is 12.0. The van der Waals surface area contributed by atoms with Gasteiger partial charge in [0.2, 0.25) is 0 Å². The fourth-order valence-electron chi connectivity index (χ4n) is 4.43. The summed E-state index contributed by atoms with van der Waals surface area (Å²) >= 11 is 0. The third-order valence-electron chi connectivity index (χ3n) is 5.74. The number of fused-ring (bicyclic) bond motifs is 4. The van der Waals surface area contributed by atoms with Gasteiger partial charge in [-0.15, -0.1) is 0 Å². The van der Waals surface area contributed by atoms with Crippen LogP contribution in [0.5, 0.6) is 5.75 Å². The number of aliphatic hydroxyl groups is 1. The Morgan fingerprint density at radius 2 is 1.33 bits per heavy atom. The lowest BCUT2D eigenvalue weighted by molar-refractivity contribution is 0.0708. The highest BCUT2D eigenvalue weighted by molar-refractivity contribution is 6.01. The molecular weight excluding hydrogens is 372 g/mol. The van der Waals surface area contributed by atoms with Crippen molar-refractivity contribution in [3.63, 3.8) is 0 Å². The lowest BCUT2D eigenvalue weighted by Crippen LogP contribution is -2.09.